The van der Waals surface area contributed by atoms with Gasteiger partial charge < -0.3 is 5.11 Å². The highest BCUT2D eigenvalue weighted by Gasteiger charge is 1.52. The van der Waals surface area contributed by atoms with Crippen molar-refractivity contribution in [2.75, 3.05) is 6.61 Å². The summed E-state index contributed by atoms with van der Waals surface area (Å²) in [5.74, 6) is 0. The molecule has 0 heterocycles. The molecule has 0 fully saturated rings. The molecule has 0 amide bonds. The Kier molecular flexibility index (Phi) is 24.8. The first kappa shape index (κ1) is 16.8. The van der Waals surface area contributed by atoms with Gasteiger partial charge in [-0.2, -0.15) is 0 Å². The number of rotatable bonds is 0. The topological polar surface area (TPSA) is 20.2 Å². The fourth-order valence-electron chi connectivity index (χ4n) is 0. The van der Waals surface area contributed by atoms with Crippen LogP contribution in [0, 0.1) is 0 Å². The quantitative estimate of drug-likeness (QED) is 0.537. The summed E-state index contributed by atoms with van der Waals surface area (Å²) in [7, 11) is 0. The van der Waals surface area contributed by atoms with E-state index in [-0.39, 0.29) is 6.61 Å². The molecule has 0 bridgehead atoms. The standard InChI is InChI=1S/2C4H8.C2H6O/c2*1-4(2)3;1-2-3/h2*1H2,2-3H3;3H,2H2,1H3. The lowest BCUT2D eigenvalue weighted by Gasteiger charge is -1.65. The van der Waals surface area contributed by atoms with Crippen molar-refractivity contribution in [2.24, 2.45) is 0 Å². The Morgan fingerprint density at radius 1 is 1.00 bits per heavy atom. The van der Waals surface area contributed by atoms with Crippen LogP contribution >= 0.6 is 0 Å². The van der Waals surface area contributed by atoms with Gasteiger partial charge in [0.15, 0.2) is 0 Å². The molecule has 11 heavy (non-hydrogen) atoms. The molecular weight excluding hydrogens is 136 g/mol. The monoisotopic (exact) mass is 158 g/mol. The van der Waals surface area contributed by atoms with Gasteiger partial charge in [0.05, 0.1) is 0 Å². The third-order valence-electron chi connectivity index (χ3n) is 0. The molecule has 0 saturated heterocycles. The van der Waals surface area contributed by atoms with Crippen molar-refractivity contribution in [1.82, 2.24) is 0 Å². The van der Waals surface area contributed by atoms with Crippen LogP contribution in [-0.2, 0) is 0 Å². The lowest BCUT2D eigenvalue weighted by atomic mass is 10.4. The highest BCUT2D eigenvalue weighted by Crippen LogP contribution is 1.74. The predicted molar refractivity (Wildman–Crippen MR) is 53.7 cm³/mol. The largest absolute Gasteiger partial charge is 0.397 e. The minimum absolute atomic E-state index is 0.250. The van der Waals surface area contributed by atoms with Crippen molar-refractivity contribution >= 4 is 0 Å². The second-order valence-corrected chi connectivity index (χ2v) is 2.73. The maximum atomic E-state index is 7.57. The number of hydrogen-bond acceptors (Lipinski definition) is 1. The van der Waals surface area contributed by atoms with Crippen LogP contribution in [0.2, 0.25) is 0 Å². The van der Waals surface area contributed by atoms with Gasteiger partial charge in [-0.3, -0.25) is 0 Å². The smallest absolute Gasteiger partial charge is 0.0402 e. The van der Waals surface area contributed by atoms with Gasteiger partial charge in [0.25, 0.3) is 0 Å². The molecule has 0 spiro atoms. The molecule has 0 saturated carbocycles. The third-order valence-corrected chi connectivity index (χ3v) is 0. The third kappa shape index (κ3) is 1670. The van der Waals surface area contributed by atoms with E-state index in [1.807, 2.05) is 27.7 Å². The van der Waals surface area contributed by atoms with Gasteiger partial charge in [0.1, 0.15) is 0 Å². The molecule has 68 valence electrons. The summed E-state index contributed by atoms with van der Waals surface area (Å²) in [5, 5.41) is 7.57. The van der Waals surface area contributed by atoms with Gasteiger partial charge in [0, 0.05) is 6.61 Å². The van der Waals surface area contributed by atoms with E-state index in [1.54, 1.807) is 6.92 Å². The van der Waals surface area contributed by atoms with Gasteiger partial charge in [-0.15, -0.1) is 13.2 Å². The molecule has 0 atom stereocenters. The summed E-state index contributed by atoms with van der Waals surface area (Å²) >= 11 is 0. The zero-order valence-electron chi connectivity index (χ0n) is 8.57. The molecule has 0 rings (SSSR count). The van der Waals surface area contributed by atoms with Crippen LogP contribution in [-0.4, -0.2) is 11.7 Å². The Balaban J connectivity index is -0.0000000886. The van der Waals surface area contributed by atoms with E-state index < -0.39 is 0 Å². The zero-order valence-corrected chi connectivity index (χ0v) is 8.57. The fraction of sp³-hybridized carbons (Fsp3) is 0.600. The molecule has 0 aromatic carbocycles. The van der Waals surface area contributed by atoms with Crippen molar-refractivity contribution in [3.8, 4) is 0 Å². The van der Waals surface area contributed by atoms with Crippen LogP contribution < -0.4 is 0 Å². The second kappa shape index (κ2) is 16.2. The first-order valence-electron chi connectivity index (χ1n) is 3.73. The lowest BCUT2D eigenvalue weighted by molar-refractivity contribution is 0.318. The van der Waals surface area contributed by atoms with Crippen LogP contribution in [0.1, 0.15) is 34.6 Å². The van der Waals surface area contributed by atoms with Crippen LogP contribution in [0.5, 0.6) is 0 Å². The second-order valence-electron chi connectivity index (χ2n) is 2.73. The van der Waals surface area contributed by atoms with Crippen molar-refractivity contribution in [3.63, 3.8) is 0 Å². The lowest BCUT2D eigenvalue weighted by Crippen LogP contribution is -1.57. The zero-order chi connectivity index (χ0) is 9.86. The maximum absolute atomic E-state index is 7.57. The average molecular weight is 158 g/mol. The van der Waals surface area contributed by atoms with E-state index in [0.717, 1.165) is 0 Å². The van der Waals surface area contributed by atoms with Crippen molar-refractivity contribution in [1.29, 1.82) is 0 Å². The molecule has 1 N–H and O–H groups in total. The Morgan fingerprint density at radius 2 is 1.00 bits per heavy atom. The first-order valence-corrected chi connectivity index (χ1v) is 3.73. The van der Waals surface area contributed by atoms with E-state index in [1.165, 1.54) is 11.1 Å². The van der Waals surface area contributed by atoms with Gasteiger partial charge >= 0.3 is 0 Å². The molecule has 0 aromatic rings. The highest BCUT2D eigenvalue weighted by molar-refractivity contribution is 4.79. The summed E-state index contributed by atoms with van der Waals surface area (Å²) in [4.78, 5) is 0. The summed E-state index contributed by atoms with van der Waals surface area (Å²) in [6.07, 6.45) is 0. The minimum atomic E-state index is 0.250. The summed E-state index contributed by atoms with van der Waals surface area (Å²) in [6, 6.07) is 0. The van der Waals surface area contributed by atoms with Crippen LogP contribution in [0.15, 0.2) is 24.3 Å². The summed E-state index contributed by atoms with van der Waals surface area (Å²) in [5.41, 5.74) is 2.33. The Labute approximate surface area is 71.5 Å². The first-order chi connectivity index (χ1) is 4.88. The molecule has 0 aliphatic rings. The Hall–Kier alpha value is -0.560. The number of aliphatic hydroxyl groups excluding tert-OH is 1. The van der Waals surface area contributed by atoms with Gasteiger partial charge in [-0.25, -0.2) is 0 Å². The average Bonchev–Trinajstić information content (AvgIpc) is 1.60. The van der Waals surface area contributed by atoms with E-state index in [4.69, 9.17) is 5.11 Å². The van der Waals surface area contributed by atoms with Crippen molar-refractivity contribution in [2.45, 2.75) is 34.6 Å². The number of allylic oxidation sites excluding steroid dienone is 2. The van der Waals surface area contributed by atoms with E-state index in [9.17, 15) is 0 Å². The van der Waals surface area contributed by atoms with E-state index >= 15 is 0 Å². The van der Waals surface area contributed by atoms with Crippen molar-refractivity contribution < 1.29 is 5.11 Å². The van der Waals surface area contributed by atoms with Crippen LogP contribution in [0.4, 0.5) is 0 Å². The molecule has 0 unspecified atom stereocenters. The van der Waals surface area contributed by atoms with E-state index in [0.29, 0.717) is 0 Å². The molecule has 0 aliphatic carbocycles. The fourth-order valence-corrected chi connectivity index (χ4v) is 0. The maximum Gasteiger partial charge on any atom is 0.0402 e. The van der Waals surface area contributed by atoms with Gasteiger partial charge in [0.2, 0.25) is 0 Å². The Bertz CT molecular complexity index is 73.0. The SMILES string of the molecule is C=C(C)C.C=C(C)C.CCO. The Morgan fingerprint density at radius 3 is 1.00 bits per heavy atom. The predicted octanol–water partition coefficient (Wildman–Crippen LogP) is 3.16. The molecule has 1 nitrogen and oxygen atoms in total. The highest BCUT2D eigenvalue weighted by atomic mass is 16.2. The van der Waals surface area contributed by atoms with Crippen LogP contribution in [0.25, 0.3) is 0 Å². The molecule has 0 aliphatic heterocycles. The van der Waals surface area contributed by atoms with E-state index in [2.05, 4.69) is 13.2 Å². The summed E-state index contributed by atoms with van der Waals surface area (Å²) in [6.45, 7) is 16.9. The molecule has 1 heteroatoms. The number of aliphatic hydroxyl groups is 1. The molecular formula is C10H22O. The normalized spacial score (nSPS) is 6.36. The number of hydrogen-bond donors (Lipinski definition) is 1. The van der Waals surface area contributed by atoms with Crippen LogP contribution in [0.3, 0.4) is 0 Å². The van der Waals surface area contributed by atoms with Gasteiger partial charge in [-0.05, 0) is 34.6 Å². The molecule has 0 radical (unpaired) electrons. The van der Waals surface area contributed by atoms with Crippen molar-refractivity contribution in [3.05, 3.63) is 24.3 Å². The minimum Gasteiger partial charge on any atom is -0.397 e. The molecule has 0 aromatic heterocycles. The van der Waals surface area contributed by atoms with Gasteiger partial charge in [-0.1, -0.05) is 11.1 Å². The summed E-state index contributed by atoms with van der Waals surface area (Å²) < 4.78 is 0.